The normalized spacial score (nSPS) is 15.7. The predicted octanol–water partition coefficient (Wildman–Crippen LogP) is 1.77. The maximum absolute atomic E-state index is 12.0. The molecular weight excluding hydrogens is 244 g/mol. The van der Waals surface area contributed by atoms with Crippen LogP contribution in [-0.4, -0.2) is 34.6 Å². The average molecular weight is 272 g/mol. The minimum atomic E-state index is -0.994. The Morgan fingerprint density at radius 3 is 1.89 bits per heavy atom. The molecule has 0 unspecified atom stereocenters. The van der Waals surface area contributed by atoms with E-state index in [0.29, 0.717) is 6.42 Å². The molecule has 0 bridgehead atoms. The van der Waals surface area contributed by atoms with Crippen LogP contribution in [0, 0.1) is 5.41 Å². The second kappa shape index (κ2) is 6.37. The molecule has 19 heavy (non-hydrogen) atoms. The van der Waals surface area contributed by atoms with Crippen LogP contribution in [0.5, 0.6) is 0 Å². The summed E-state index contributed by atoms with van der Waals surface area (Å²) in [4.78, 5) is 23.2. The molecule has 0 rings (SSSR count). The highest BCUT2D eigenvalue weighted by Gasteiger charge is 2.28. The summed E-state index contributed by atoms with van der Waals surface area (Å²) in [6, 6.07) is -1.28. The smallest absolute Gasteiger partial charge is 0.326 e. The van der Waals surface area contributed by atoms with Gasteiger partial charge in [0.25, 0.3) is 0 Å². The molecular formula is C14H28N2O3. The molecule has 0 saturated carbocycles. The van der Waals surface area contributed by atoms with Crippen molar-refractivity contribution >= 4 is 11.9 Å². The number of nitrogens with one attached hydrogen (secondary N) is 2. The van der Waals surface area contributed by atoms with E-state index in [-0.39, 0.29) is 16.9 Å². The molecule has 0 aromatic rings. The van der Waals surface area contributed by atoms with Crippen molar-refractivity contribution in [3.8, 4) is 0 Å². The van der Waals surface area contributed by atoms with Gasteiger partial charge in [-0.05, 0) is 39.5 Å². The molecule has 0 aliphatic heterocycles. The van der Waals surface area contributed by atoms with Crippen LogP contribution in [0.4, 0.5) is 0 Å². The van der Waals surface area contributed by atoms with E-state index in [1.165, 1.54) is 0 Å². The number of carboxylic acids is 1. The molecule has 0 aliphatic carbocycles. The summed E-state index contributed by atoms with van der Waals surface area (Å²) < 4.78 is 0. The monoisotopic (exact) mass is 272 g/mol. The van der Waals surface area contributed by atoms with Crippen LogP contribution < -0.4 is 10.6 Å². The van der Waals surface area contributed by atoms with Crippen molar-refractivity contribution in [2.24, 2.45) is 5.41 Å². The zero-order chi connectivity index (χ0) is 15.4. The number of carbonyl (C=O) groups excluding carboxylic acids is 1. The van der Waals surface area contributed by atoms with E-state index in [4.69, 9.17) is 5.11 Å². The number of aliphatic carboxylic acids is 1. The minimum absolute atomic E-state index is 0.156. The van der Waals surface area contributed by atoms with Crippen molar-refractivity contribution in [2.75, 3.05) is 0 Å². The van der Waals surface area contributed by atoms with E-state index in [1.54, 1.807) is 6.92 Å². The van der Waals surface area contributed by atoms with E-state index in [1.807, 2.05) is 41.5 Å². The molecule has 0 aromatic heterocycles. The Bertz CT molecular complexity index is 327. The zero-order valence-corrected chi connectivity index (χ0v) is 13.1. The van der Waals surface area contributed by atoms with Gasteiger partial charge in [-0.1, -0.05) is 20.8 Å². The fraction of sp³-hybridized carbons (Fsp3) is 0.857. The van der Waals surface area contributed by atoms with Gasteiger partial charge in [-0.25, -0.2) is 4.79 Å². The zero-order valence-electron chi connectivity index (χ0n) is 13.1. The van der Waals surface area contributed by atoms with Gasteiger partial charge in [-0.2, -0.15) is 0 Å². The first-order valence-electron chi connectivity index (χ1n) is 6.63. The third-order valence-corrected chi connectivity index (χ3v) is 2.47. The van der Waals surface area contributed by atoms with Crippen LogP contribution in [0.25, 0.3) is 0 Å². The van der Waals surface area contributed by atoms with E-state index in [9.17, 15) is 9.59 Å². The third-order valence-electron chi connectivity index (χ3n) is 2.47. The Morgan fingerprint density at radius 1 is 1.11 bits per heavy atom. The van der Waals surface area contributed by atoms with Crippen molar-refractivity contribution in [2.45, 2.75) is 72.5 Å². The summed E-state index contributed by atoms with van der Waals surface area (Å²) in [6.45, 7) is 13.5. The highest BCUT2D eigenvalue weighted by atomic mass is 16.4. The van der Waals surface area contributed by atoms with Crippen LogP contribution in [0.15, 0.2) is 0 Å². The van der Waals surface area contributed by atoms with Crippen LogP contribution in [0.2, 0.25) is 0 Å². The molecule has 112 valence electrons. The fourth-order valence-electron chi connectivity index (χ4n) is 1.82. The van der Waals surface area contributed by atoms with E-state index in [2.05, 4.69) is 10.6 Å². The molecule has 1 amide bonds. The lowest BCUT2D eigenvalue weighted by atomic mass is 9.88. The first kappa shape index (κ1) is 17.9. The standard InChI is InChI=1S/C14H28N2O3/c1-9(16-14(5,6)7)11(17)15-10(12(18)19)8-13(2,3)4/h9-10,16H,8H2,1-7H3,(H,15,17)(H,18,19)/t9-,10+/m1/s1. The van der Waals surface area contributed by atoms with Crippen LogP contribution in [0.3, 0.4) is 0 Å². The largest absolute Gasteiger partial charge is 0.480 e. The molecule has 5 heteroatoms. The van der Waals surface area contributed by atoms with Gasteiger partial charge in [-0.3, -0.25) is 4.79 Å². The van der Waals surface area contributed by atoms with Gasteiger partial charge in [0.2, 0.25) is 5.91 Å². The van der Waals surface area contributed by atoms with Gasteiger partial charge in [0, 0.05) is 5.54 Å². The maximum Gasteiger partial charge on any atom is 0.326 e. The number of hydrogen-bond donors (Lipinski definition) is 3. The molecule has 0 spiro atoms. The van der Waals surface area contributed by atoms with Crippen molar-refractivity contribution < 1.29 is 14.7 Å². The topological polar surface area (TPSA) is 78.4 Å². The predicted molar refractivity (Wildman–Crippen MR) is 76.0 cm³/mol. The third kappa shape index (κ3) is 8.59. The summed E-state index contributed by atoms with van der Waals surface area (Å²) in [5, 5.41) is 14.9. The van der Waals surface area contributed by atoms with Gasteiger partial charge in [0.1, 0.15) is 6.04 Å². The molecule has 0 aliphatic rings. The van der Waals surface area contributed by atoms with E-state index >= 15 is 0 Å². The van der Waals surface area contributed by atoms with E-state index < -0.39 is 18.1 Å². The summed E-state index contributed by atoms with van der Waals surface area (Å²) in [7, 11) is 0. The van der Waals surface area contributed by atoms with Crippen molar-refractivity contribution in [3.63, 3.8) is 0 Å². The molecule has 0 aromatic carbocycles. The average Bonchev–Trinajstić information content (AvgIpc) is 2.11. The summed E-state index contributed by atoms with van der Waals surface area (Å²) in [5.41, 5.74) is -0.351. The molecule has 2 atom stereocenters. The van der Waals surface area contributed by atoms with Crippen molar-refractivity contribution in [1.29, 1.82) is 0 Å². The van der Waals surface area contributed by atoms with Gasteiger partial charge >= 0.3 is 5.97 Å². The Morgan fingerprint density at radius 2 is 1.58 bits per heavy atom. The Hall–Kier alpha value is -1.10. The highest BCUT2D eigenvalue weighted by molar-refractivity contribution is 5.86. The number of carbonyl (C=O) groups is 2. The van der Waals surface area contributed by atoms with Crippen molar-refractivity contribution in [3.05, 3.63) is 0 Å². The summed E-state index contributed by atoms with van der Waals surface area (Å²) >= 11 is 0. The Labute approximate surface area is 116 Å². The van der Waals surface area contributed by atoms with Crippen LogP contribution >= 0.6 is 0 Å². The summed E-state index contributed by atoms with van der Waals surface area (Å²) in [5.74, 6) is -1.28. The SMILES string of the molecule is C[C@@H](NC(C)(C)C)C(=O)N[C@@H](CC(C)(C)C)C(=O)O. The first-order chi connectivity index (χ1) is 8.32. The molecule has 0 heterocycles. The second-order valence-corrected chi connectivity index (χ2v) is 7.28. The molecule has 5 nitrogen and oxygen atoms in total. The maximum atomic E-state index is 12.0. The fourth-order valence-corrected chi connectivity index (χ4v) is 1.82. The lowest BCUT2D eigenvalue weighted by Gasteiger charge is -2.28. The van der Waals surface area contributed by atoms with E-state index in [0.717, 1.165) is 0 Å². The lowest BCUT2D eigenvalue weighted by Crippen LogP contribution is -2.53. The Kier molecular flexibility index (Phi) is 6.00. The Balaban J connectivity index is 4.60. The molecule has 0 fully saturated rings. The number of hydrogen-bond acceptors (Lipinski definition) is 3. The molecule has 3 N–H and O–H groups in total. The van der Waals surface area contributed by atoms with Crippen molar-refractivity contribution in [1.82, 2.24) is 10.6 Å². The van der Waals surface area contributed by atoms with Crippen LogP contribution in [-0.2, 0) is 9.59 Å². The number of amides is 1. The number of carboxylic acid groups (broad SMARTS) is 1. The highest BCUT2D eigenvalue weighted by Crippen LogP contribution is 2.21. The van der Waals surface area contributed by atoms with Crippen LogP contribution in [0.1, 0.15) is 54.9 Å². The van der Waals surface area contributed by atoms with Gasteiger partial charge in [0.05, 0.1) is 6.04 Å². The van der Waals surface area contributed by atoms with Gasteiger partial charge in [0.15, 0.2) is 0 Å². The molecule has 0 radical (unpaired) electrons. The quantitative estimate of drug-likeness (QED) is 0.712. The minimum Gasteiger partial charge on any atom is -0.480 e. The van der Waals surface area contributed by atoms with Gasteiger partial charge in [-0.15, -0.1) is 0 Å². The first-order valence-corrected chi connectivity index (χ1v) is 6.63. The summed E-state index contributed by atoms with van der Waals surface area (Å²) in [6.07, 6.45) is 0.399. The molecule has 0 saturated heterocycles. The van der Waals surface area contributed by atoms with Gasteiger partial charge < -0.3 is 15.7 Å². The second-order valence-electron chi connectivity index (χ2n) is 7.28. The number of rotatable bonds is 5. The lowest BCUT2D eigenvalue weighted by molar-refractivity contribution is -0.143.